The van der Waals surface area contributed by atoms with E-state index in [1.165, 1.54) is 30.8 Å². The summed E-state index contributed by atoms with van der Waals surface area (Å²) in [4.78, 5) is 2.51. The number of nitrogens with two attached hydrogens (primary N) is 1. The standard InChI is InChI=1S/C13H19BrN2S/c1-2-10-8-16(6-7-17-10)9-11-12(14)4-3-5-13(11)15/h3-5,10H,2,6-9,15H2,1H3. The Morgan fingerprint density at radius 3 is 3.06 bits per heavy atom. The van der Waals surface area contributed by atoms with Crippen LogP contribution in [0.5, 0.6) is 0 Å². The highest BCUT2D eigenvalue weighted by atomic mass is 79.9. The van der Waals surface area contributed by atoms with E-state index in [-0.39, 0.29) is 0 Å². The van der Waals surface area contributed by atoms with Gasteiger partial charge in [0.05, 0.1) is 0 Å². The lowest BCUT2D eigenvalue weighted by molar-refractivity contribution is 0.273. The van der Waals surface area contributed by atoms with Crippen LogP contribution in [0.15, 0.2) is 22.7 Å². The monoisotopic (exact) mass is 314 g/mol. The van der Waals surface area contributed by atoms with E-state index in [9.17, 15) is 0 Å². The summed E-state index contributed by atoms with van der Waals surface area (Å²) in [5.41, 5.74) is 8.17. The number of thioether (sulfide) groups is 1. The van der Waals surface area contributed by atoms with E-state index >= 15 is 0 Å². The van der Waals surface area contributed by atoms with E-state index in [0.717, 1.165) is 22.0 Å². The van der Waals surface area contributed by atoms with Crippen LogP contribution in [0.3, 0.4) is 0 Å². The first kappa shape index (κ1) is 13.2. The SMILES string of the molecule is CCC1CN(Cc2c(N)cccc2Br)CCS1. The van der Waals surface area contributed by atoms with Gasteiger partial charge in [-0.3, -0.25) is 4.90 Å². The molecule has 1 saturated heterocycles. The molecule has 1 unspecified atom stereocenters. The third-order valence-corrected chi connectivity index (χ3v) is 5.33. The van der Waals surface area contributed by atoms with Gasteiger partial charge in [-0.2, -0.15) is 11.8 Å². The number of rotatable bonds is 3. The second kappa shape index (κ2) is 6.12. The zero-order valence-electron chi connectivity index (χ0n) is 10.2. The number of halogens is 1. The van der Waals surface area contributed by atoms with E-state index in [2.05, 4.69) is 45.6 Å². The Hall–Kier alpha value is -0.190. The van der Waals surface area contributed by atoms with Crippen molar-refractivity contribution in [3.63, 3.8) is 0 Å². The first-order valence-electron chi connectivity index (χ1n) is 6.07. The minimum absolute atomic E-state index is 0.785. The van der Waals surface area contributed by atoms with Gasteiger partial charge in [0.1, 0.15) is 0 Å². The average molecular weight is 315 g/mol. The third kappa shape index (κ3) is 3.39. The summed E-state index contributed by atoms with van der Waals surface area (Å²) in [6.45, 7) is 5.59. The van der Waals surface area contributed by atoms with Crippen molar-refractivity contribution in [1.29, 1.82) is 0 Å². The summed E-state index contributed by atoms with van der Waals surface area (Å²) >= 11 is 5.70. The minimum Gasteiger partial charge on any atom is -0.398 e. The molecule has 1 aliphatic rings. The number of nitrogens with zero attached hydrogens (tertiary/aromatic N) is 1. The van der Waals surface area contributed by atoms with E-state index < -0.39 is 0 Å². The largest absolute Gasteiger partial charge is 0.398 e. The number of nitrogen functional groups attached to an aromatic ring is 1. The number of hydrogen-bond acceptors (Lipinski definition) is 3. The molecule has 0 radical (unpaired) electrons. The van der Waals surface area contributed by atoms with Crippen LogP contribution in [-0.2, 0) is 6.54 Å². The molecule has 1 aromatic carbocycles. The van der Waals surface area contributed by atoms with Gasteiger partial charge in [-0.25, -0.2) is 0 Å². The number of anilines is 1. The Kier molecular flexibility index (Phi) is 4.77. The summed E-state index contributed by atoms with van der Waals surface area (Å²) in [6, 6.07) is 6.04. The van der Waals surface area contributed by atoms with Gasteiger partial charge in [0.15, 0.2) is 0 Å². The predicted molar refractivity (Wildman–Crippen MR) is 80.4 cm³/mol. The van der Waals surface area contributed by atoms with Gasteiger partial charge >= 0.3 is 0 Å². The molecule has 2 nitrogen and oxygen atoms in total. The van der Waals surface area contributed by atoms with Crippen molar-refractivity contribution in [2.24, 2.45) is 0 Å². The van der Waals surface area contributed by atoms with Gasteiger partial charge in [0.2, 0.25) is 0 Å². The fourth-order valence-corrected chi connectivity index (χ4v) is 3.89. The van der Waals surface area contributed by atoms with E-state index in [4.69, 9.17) is 5.73 Å². The Morgan fingerprint density at radius 1 is 1.53 bits per heavy atom. The average Bonchev–Trinajstić information content (AvgIpc) is 2.34. The first-order chi connectivity index (χ1) is 8.20. The highest BCUT2D eigenvalue weighted by Gasteiger charge is 2.20. The predicted octanol–water partition coefficient (Wildman–Crippen LogP) is 3.36. The van der Waals surface area contributed by atoms with E-state index in [0.29, 0.717) is 0 Å². The number of benzene rings is 1. The van der Waals surface area contributed by atoms with Crippen LogP contribution in [0.25, 0.3) is 0 Å². The van der Waals surface area contributed by atoms with Crippen molar-refractivity contribution in [1.82, 2.24) is 4.90 Å². The molecule has 2 N–H and O–H groups in total. The second-order valence-corrected chi connectivity index (χ2v) is 6.71. The number of hydrogen-bond donors (Lipinski definition) is 1. The fraction of sp³-hybridized carbons (Fsp3) is 0.538. The van der Waals surface area contributed by atoms with Crippen LogP contribution < -0.4 is 5.73 Å². The Morgan fingerprint density at radius 2 is 2.35 bits per heavy atom. The van der Waals surface area contributed by atoms with Gasteiger partial charge in [0.25, 0.3) is 0 Å². The van der Waals surface area contributed by atoms with E-state index in [1.54, 1.807) is 0 Å². The molecule has 0 aromatic heterocycles. The molecule has 0 bridgehead atoms. The zero-order chi connectivity index (χ0) is 12.3. The third-order valence-electron chi connectivity index (χ3n) is 3.22. The molecule has 17 heavy (non-hydrogen) atoms. The highest BCUT2D eigenvalue weighted by molar-refractivity contribution is 9.10. The molecular formula is C13H19BrN2S. The van der Waals surface area contributed by atoms with Gasteiger partial charge in [0, 0.05) is 46.4 Å². The lowest BCUT2D eigenvalue weighted by atomic mass is 10.1. The maximum atomic E-state index is 6.04. The normalized spacial score (nSPS) is 21.6. The van der Waals surface area contributed by atoms with Crippen molar-refractivity contribution in [2.45, 2.75) is 25.1 Å². The molecule has 94 valence electrons. The summed E-state index contributed by atoms with van der Waals surface area (Å²) in [5.74, 6) is 1.24. The van der Waals surface area contributed by atoms with Gasteiger partial charge in [-0.1, -0.05) is 28.9 Å². The molecule has 0 aliphatic carbocycles. The molecule has 0 saturated carbocycles. The van der Waals surface area contributed by atoms with Crippen LogP contribution in [-0.4, -0.2) is 29.0 Å². The lowest BCUT2D eigenvalue weighted by Gasteiger charge is -2.32. The fourth-order valence-electron chi connectivity index (χ4n) is 2.14. The van der Waals surface area contributed by atoms with Gasteiger partial charge in [-0.15, -0.1) is 0 Å². The highest BCUT2D eigenvalue weighted by Crippen LogP contribution is 2.27. The summed E-state index contributed by atoms with van der Waals surface area (Å²) < 4.78 is 1.13. The molecule has 2 rings (SSSR count). The van der Waals surface area contributed by atoms with Crippen LogP contribution in [0.1, 0.15) is 18.9 Å². The molecule has 1 heterocycles. The van der Waals surface area contributed by atoms with Crippen molar-refractivity contribution < 1.29 is 0 Å². The Labute approximate surface area is 116 Å². The Balaban J connectivity index is 2.05. The topological polar surface area (TPSA) is 29.3 Å². The molecule has 1 fully saturated rings. The molecule has 1 atom stereocenters. The maximum absolute atomic E-state index is 6.04. The quantitative estimate of drug-likeness (QED) is 0.867. The minimum atomic E-state index is 0.785. The van der Waals surface area contributed by atoms with Crippen LogP contribution in [0.2, 0.25) is 0 Å². The van der Waals surface area contributed by atoms with Crippen molar-refractivity contribution in [2.75, 3.05) is 24.6 Å². The summed E-state index contributed by atoms with van der Waals surface area (Å²) in [5, 5.41) is 0.785. The molecule has 0 spiro atoms. The molecule has 4 heteroatoms. The summed E-state index contributed by atoms with van der Waals surface area (Å²) in [6.07, 6.45) is 1.26. The van der Waals surface area contributed by atoms with Crippen LogP contribution >= 0.6 is 27.7 Å². The smallest absolute Gasteiger partial charge is 0.0371 e. The summed E-state index contributed by atoms with van der Waals surface area (Å²) in [7, 11) is 0. The molecule has 1 aromatic rings. The van der Waals surface area contributed by atoms with Crippen molar-refractivity contribution in [3.8, 4) is 0 Å². The lowest BCUT2D eigenvalue weighted by Crippen LogP contribution is -2.37. The van der Waals surface area contributed by atoms with Crippen molar-refractivity contribution in [3.05, 3.63) is 28.2 Å². The van der Waals surface area contributed by atoms with Crippen LogP contribution in [0, 0.1) is 0 Å². The van der Waals surface area contributed by atoms with Crippen molar-refractivity contribution >= 4 is 33.4 Å². The van der Waals surface area contributed by atoms with E-state index in [1.807, 2.05) is 12.1 Å². The molecular weight excluding hydrogens is 296 g/mol. The van der Waals surface area contributed by atoms with Gasteiger partial charge in [-0.05, 0) is 18.6 Å². The maximum Gasteiger partial charge on any atom is 0.0371 e. The van der Waals surface area contributed by atoms with Crippen LogP contribution in [0.4, 0.5) is 5.69 Å². The second-order valence-electron chi connectivity index (χ2n) is 4.44. The zero-order valence-corrected chi connectivity index (χ0v) is 12.6. The molecule has 1 aliphatic heterocycles. The Bertz CT molecular complexity index is 363. The first-order valence-corrected chi connectivity index (χ1v) is 7.91. The van der Waals surface area contributed by atoms with Gasteiger partial charge < -0.3 is 5.73 Å². The molecule has 0 amide bonds.